The molecule has 1 amide bonds. The van der Waals surface area contributed by atoms with E-state index in [4.69, 9.17) is 14.1 Å². The number of hydrogen-bond acceptors (Lipinski definition) is 6. The summed E-state index contributed by atoms with van der Waals surface area (Å²) < 4.78 is 15.5. The van der Waals surface area contributed by atoms with Crippen LogP contribution < -0.4 is 9.47 Å². The molecule has 0 bridgehead atoms. The van der Waals surface area contributed by atoms with E-state index in [0.29, 0.717) is 29.7 Å². The van der Waals surface area contributed by atoms with Gasteiger partial charge in [0, 0.05) is 30.1 Å². The summed E-state index contributed by atoms with van der Waals surface area (Å²) in [7, 11) is 3.30. The maximum absolute atomic E-state index is 12.9. The predicted molar refractivity (Wildman–Crippen MR) is 94.6 cm³/mol. The van der Waals surface area contributed by atoms with Gasteiger partial charge in [0.05, 0.1) is 14.2 Å². The van der Waals surface area contributed by atoms with E-state index >= 15 is 0 Å². The van der Waals surface area contributed by atoms with Crippen molar-refractivity contribution in [2.75, 3.05) is 27.3 Å². The first-order chi connectivity index (χ1) is 12.7. The summed E-state index contributed by atoms with van der Waals surface area (Å²) in [5.41, 5.74) is 2.88. The molecule has 7 heteroatoms. The van der Waals surface area contributed by atoms with Gasteiger partial charge >= 0.3 is 0 Å². The summed E-state index contributed by atoms with van der Waals surface area (Å²) in [6.45, 7) is 1.33. The third-order valence-corrected chi connectivity index (χ3v) is 4.85. The van der Waals surface area contributed by atoms with Crippen molar-refractivity contribution in [2.24, 2.45) is 0 Å². The fraction of sp³-hybridized carbons (Fsp3) is 0.316. The highest BCUT2D eigenvalue weighted by Crippen LogP contribution is 2.36. The van der Waals surface area contributed by atoms with Crippen LogP contribution in [0.1, 0.15) is 28.3 Å². The number of aromatic nitrogens is 2. The Morgan fingerprint density at radius 1 is 1.12 bits per heavy atom. The zero-order chi connectivity index (χ0) is 18.1. The van der Waals surface area contributed by atoms with Crippen LogP contribution in [0.4, 0.5) is 0 Å². The van der Waals surface area contributed by atoms with Crippen LogP contribution >= 0.6 is 0 Å². The van der Waals surface area contributed by atoms with Crippen molar-refractivity contribution in [3.05, 3.63) is 47.5 Å². The highest BCUT2D eigenvalue weighted by molar-refractivity contribution is 5.97. The number of likely N-dealkylation sites (tertiary alicyclic amines) is 1. The van der Waals surface area contributed by atoms with Gasteiger partial charge in [-0.2, -0.15) is 0 Å². The molecular formula is C19H19N3O4. The van der Waals surface area contributed by atoms with E-state index < -0.39 is 0 Å². The van der Waals surface area contributed by atoms with E-state index in [0.717, 1.165) is 23.5 Å². The Morgan fingerprint density at radius 3 is 2.77 bits per heavy atom. The average molecular weight is 353 g/mol. The number of fused-ring (bicyclic) bond motifs is 1. The molecule has 26 heavy (non-hydrogen) atoms. The monoisotopic (exact) mass is 353 g/mol. The van der Waals surface area contributed by atoms with E-state index in [-0.39, 0.29) is 11.8 Å². The third kappa shape index (κ3) is 2.85. The fourth-order valence-electron chi connectivity index (χ4n) is 3.45. The lowest BCUT2D eigenvalue weighted by Crippen LogP contribution is -2.28. The summed E-state index contributed by atoms with van der Waals surface area (Å²) >= 11 is 0. The van der Waals surface area contributed by atoms with Gasteiger partial charge in [-0.3, -0.25) is 4.79 Å². The lowest BCUT2D eigenvalue weighted by atomic mass is 9.97. The zero-order valence-corrected chi connectivity index (χ0v) is 14.6. The summed E-state index contributed by atoms with van der Waals surface area (Å²) in [6.07, 6.45) is 0.878. The topological polar surface area (TPSA) is 77.7 Å². The number of methoxy groups -OCH3 is 2. The van der Waals surface area contributed by atoms with Crippen molar-refractivity contribution in [2.45, 2.75) is 12.3 Å². The van der Waals surface area contributed by atoms with Crippen molar-refractivity contribution in [1.29, 1.82) is 0 Å². The van der Waals surface area contributed by atoms with Crippen LogP contribution in [-0.2, 0) is 0 Å². The molecule has 1 fully saturated rings. The molecule has 0 aliphatic carbocycles. The van der Waals surface area contributed by atoms with E-state index in [9.17, 15) is 4.79 Å². The van der Waals surface area contributed by atoms with Crippen molar-refractivity contribution < 1.29 is 18.9 Å². The van der Waals surface area contributed by atoms with Gasteiger partial charge < -0.3 is 14.4 Å². The van der Waals surface area contributed by atoms with Gasteiger partial charge in [0.1, 0.15) is 22.5 Å². The van der Waals surface area contributed by atoms with Crippen LogP contribution in [0.25, 0.3) is 11.0 Å². The highest BCUT2D eigenvalue weighted by atomic mass is 16.6. The second-order valence-electron chi connectivity index (χ2n) is 6.31. The normalized spacial score (nSPS) is 16.8. The Bertz CT molecular complexity index is 953. The van der Waals surface area contributed by atoms with E-state index in [2.05, 4.69) is 10.3 Å². The van der Waals surface area contributed by atoms with Crippen LogP contribution in [0.15, 0.2) is 41.0 Å². The number of amides is 1. The number of benzene rings is 2. The minimum Gasteiger partial charge on any atom is -0.497 e. The first-order valence-electron chi connectivity index (χ1n) is 8.43. The Balaban J connectivity index is 1.55. The van der Waals surface area contributed by atoms with Gasteiger partial charge in [0.25, 0.3) is 5.91 Å². The molecule has 0 saturated carbocycles. The van der Waals surface area contributed by atoms with Gasteiger partial charge in [-0.1, -0.05) is 0 Å². The molecule has 3 aromatic rings. The fourth-order valence-corrected chi connectivity index (χ4v) is 3.45. The van der Waals surface area contributed by atoms with Gasteiger partial charge in [-0.15, -0.1) is 0 Å². The molecule has 1 saturated heterocycles. The molecule has 1 atom stereocenters. The van der Waals surface area contributed by atoms with Crippen molar-refractivity contribution >= 4 is 16.9 Å². The lowest BCUT2D eigenvalue weighted by molar-refractivity contribution is 0.0791. The van der Waals surface area contributed by atoms with Crippen LogP contribution in [0.3, 0.4) is 0 Å². The number of ether oxygens (including phenoxy) is 2. The molecule has 7 nitrogen and oxygen atoms in total. The molecule has 0 unspecified atom stereocenters. The molecule has 0 N–H and O–H groups in total. The first-order valence-corrected chi connectivity index (χ1v) is 8.43. The Labute approximate surface area is 150 Å². The summed E-state index contributed by atoms with van der Waals surface area (Å²) in [4.78, 5) is 14.7. The van der Waals surface area contributed by atoms with E-state index in [1.54, 1.807) is 32.4 Å². The van der Waals surface area contributed by atoms with Crippen LogP contribution in [0.5, 0.6) is 11.5 Å². The van der Waals surface area contributed by atoms with E-state index in [1.807, 2.05) is 23.1 Å². The highest BCUT2D eigenvalue weighted by Gasteiger charge is 2.30. The minimum absolute atomic E-state index is 0.0146. The maximum Gasteiger partial charge on any atom is 0.253 e. The van der Waals surface area contributed by atoms with Crippen LogP contribution in [0.2, 0.25) is 0 Å². The molecular weight excluding hydrogens is 334 g/mol. The molecule has 1 aromatic heterocycles. The molecule has 1 aliphatic heterocycles. The summed E-state index contributed by atoms with van der Waals surface area (Å²) in [5.74, 6) is 1.80. The number of carbonyl (C=O) groups excluding carboxylic acids is 1. The smallest absolute Gasteiger partial charge is 0.253 e. The average Bonchev–Trinajstić information content (AvgIpc) is 3.35. The molecule has 134 valence electrons. The maximum atomic E-state index is 12.9. The quantitative estimate of drug-likeness (QED) is 0.718. The zero-order valence-electron chi connectivity index (χ0n) is 14.6. The van der Waals surface area contributed by atoms with Gasteiger partial charge in [-0.05, 0) is 53.1 Å². The largest absolute Gasteiger partial charge is 0.497 e. The van der Waals surface area contributed by atoms with Gasteiger partial charge in [-0.25, -0.2) is 4.63 Å². The third-order valence-electron chi connectivity index (χ3n) is 4.85. The standard InChI is InChI=1S/C19H19N3O4/c1-24-14-4-6-18(25-2)15(10-14)13-7-8-22(11-13)19(23)12-3-5-16-17(9-12)21-26-20-16/h3-6,9-10,13H,7-8,11H2,1-2H3/t13-/m1/s1. The Hall–Kier alpha value is -3.09. The molecule has 4 rings (SSSR count). The minimum atomic E-state index is -0.0146. The van der Waals surface area contributed by atoms with Crippen LogP contribution in [0, 0.1) is 0 Å². The van der Waals surface area contributed by atoms with Crippen LogP contribution in [-0.4, -0.2) is 48.4 Å². The molecule has 2 heterocycles. The van der Waals surface area contributed by atoms with Crippen molar-refractivity contribution in [3.63, 3.8) is 0 Å². The molecule has 2 aromatic carbocycles. The van der Waals surface area contributed by atoms with Crippen molar-refractivity contribution in [1.82, 2.24) is 15.2 Å². The molecule has 0 radical (unpaired) electrons. The second kappa shape index (κ2) is 6.67. The number of carbonyl (C=O) groups is 1. The number of rotatable bonds is 4. The van der Waals surface area contributed by atoms with E-state index in [1.165, 1.54) is 0 Å². The molecule has 0 spiro atoms. The lowest BCUT2D eigenvalue weighted by Gasteiger charge is -2.18. The van der Waals surface area contributed by atoms with Gasteiger partial charge in [0.2, 0.25) is 0 Å². The summed E-state index contributed by atoms with van der Waals surface area (Å²) in [6, 6.07) is 11.0. The predicted octanol–water partition coefficient (Wildman–Crippen LogP) is 2.87. The SMILES string of the molecule is COc1ccc(OC)c([C@@H]2CCN(C(=O)c3ccc4nonc4c3)C2)c1. The van der Waals surface area contributed by atoms with Gasteiger partial charge in [0.15, 0.2) is 0 Å². The Kier molecular flexibility index (Phi) is 4.20. The molecule has 1 aliphatic rings. The summed E-state index contributed by atoms with van der Waals surface area (Å²) in [5, 5.41) is 7.57. The number of hydrogen-bond donors (Lipinski definition) is 0. The first kappa shape index (κ1) is 16.4. The number of nitrogens with zero attached hydrogens (tertiary/aromatic N) is 3. The van der Waals surface area contributed by atoms with Crippen molar-refractivity contribution in [3.8, 4) is 11.5 Å². The Morgan fingerprint density at radius 2 is 1.96 bits per heavy atom. The second-order valence-corrected chi connectivity index (χ2v) is 6.31.